The molecule has 8 nitrogen and oxygen atoms in total. The lowest BCUT2D eigenvalue weighted by Gasteiger charge is -2.12. The maximum Gasteiger partial charge on any atom is 0.263 e. The van der Waals surface area contributed by atoms with Crippen LogP contribution in [0.25, 0.3) is 11.0 Å². The van der Waals surface area contributed by atoms with E-state index in [4.69, 9.17) is 0 Å². The lowest BCUT2D eigenvalue weighted by atomic mass is 10.2. The second-order valence-electron chi connectivity index (χ2n) is 5.00. The van der Waals surface area contributed by atoms with Gasteiger partial charge < -0.3 is 9.88 Å². The number of hydrogen-bond donors (Lipinski definition) is 2. The van der Waals surface area contributed by atoms with Crippen LogP contribution in [0.4, 0.5) is 5.95 Å². The van der Waals surface area contributed by atoms with Gasteiger partial charge in [0.1, 0.15) is 5.39 Å². The minimum absolute atomic E-state index is 0.176. The van der Waals surface area contributed by atoms with Crippen LogP contribution in [0.3, 0.4) is 0 Å². The van der Waals surface area contributed by atoms with Crippen molar-refractivity contribution in [2.75, 3.05) is 5.32 Å². The number of aromatic nitrogens is 6. The Morgan fingerprint density at radius 1 is 1.45 bits per heavy atom. The number of anilines is 1. The van der Waals surface area contributed by atoms with Gasteiger partial charge in [0, 0.05) is 31.9 Å². The number of hydrogen-bond acceptors (Lipinski definition) is 5. The first kappa shape index (κ1) is 11.2. The largest absolute Gasteiger partial charge is 0.351 e. The van der Waals surface area contributed by atoms with E-state index in [0.29, 0.717) is 17.0 Å². The Morgan fingerprint density at radius 3 is 3.20 bits per heavy atom. The zero-order chi connectivity index (χ0) is 13.7. The molecule has 1 atom stereocenters. The third-order valence-corrected chi connectivity index (χ3v) is 3.61. The van der Waals surface area contributed by atoms with Gasteiger partial charge >= 0.3 is 0 Å². The molecule has 3 aromatic rings. The summed E-state index contributed by atoms with van der Waals surface area (Å²) >= 11 is 0. The molecular weight excluding hydrogens is 258 g/mol. The fourth-order valence-corrected chi connectivity index (χ4v) is 2.63. The number of fused-ring (bicyclic) bond motifs is 2. The summed E-state index contributed by atoms with van der Waals surface area (Å²) in [6.07, 6.45) is 6.07. The summed E-state index contributed by atoms with van der Waals surface area (Å²) in [5.74, 6) is 0.481. The van der Waals surface area contributed by atoms with Crippen LogP contribution in [0.2, 0.25) is 0 Å². The minimum atomic E-state index is -0.176. The van der Waals surface area contributed by atoms with Crippen LogP contribution < -0.4 is 10.9 Å². The van der Waals surface area contributed by atoms with E-state index in [-0.39, 0.29) is 11.6 Å². The number of nitrogens with zero attached hydrogens (tertiary/aromatic N) is 5. The maximum absolute atomic E-state index is 12.0. The van der Waals surface area contributed by atoms with Gasteiger partial charge in [0.05, 0.1) is 18.6 Å². The smallest absolute Gasteiger partial charge is 0.263 e. The molecule has 4 rings (SSSR count). The normalized spacial score (nSPS) is 17.6. The third-order valence-electron chi connectivity index (χ3n) is 3.61. The summed E-state index contributed by atoms with van der Waals surface area (Å²) in [6, 6.07) is 0.210. The van der Waals surface area contributed by atoms with E-state index in [2.05, 4.69) is 29.9 Å². The van der Waals surface area contributed by atoms with E-state index >= 15 is 0 Å². The van der Waals surface area contributed by atoms with Gasteiger partial charge in [-0.15, -0.1) is 0 Å². The highest BCUT2D eigenvalue weighted by Gasteiger charge is 2.22. The highest BCUT2D eigenvalue weighted by atomic mass is 16.1. The van der Waals surface area contributed by atoms with E-state index in [1.807, 2.05) is 12.5 Å². The molecule has 0 saturated heterocycles. The van der Waals surface area contributed by atoms with Crippen molar-refractivity contribution in [1.29, 1.82) is 0 Å². The number of rotatable bonds is 2. The molecule has 20 heavy (non-hydrogen) atoms. The SMILES string of the molecule is Cn1ncc2c(=O)[nH]c(NC3Cc4cncn4C3)nc21. The quantitative estimate of drug-likeness (QED) is 0.678. The Hall–Kier alpha value is -2.64. The van der Waals surface area contributed by atoms with E-state index in [9.17, 15) is 4.79 Å². The van der Waals surface area contributed by atoms with Crippen LogP contribution in [0.1, 0.15) is 5.69 Å². The molecule has 0 saturated carbocycles. The Balaban J connectivity index is 1.65. The zero-order valence-corrected chi connectivity index (χ0v) is 10.9. The highest BCUT2D eigenvalue weighted by Crippen LogP contribution is 2.17. The minimum Gasteiger partial charge on any atom is -0.351 e. The molecule has 0 amide bonds. The van der Waals surface area contributed by atoms with Gasteiger partial charge in [-0.1, -0.05) is 0 Å². The predicted molar refractivity (Wildman–Crippen MR) is 72.5 cm³/mol. The molecular formula is C12H13N7O. The number of aromatic amines is 1. The average molecular weight is 271 g/mol. The number of imidazole rings is 1. The molecule has 0 fully saturated rings. The van der Waals surface area contributed by atoms with Crippen molar-refractivity contribution in [3.8, 4) is 0 Å². The Morgan fingerprint density at radius 2 is 2.35 bits per heavy atom. The van der Waals surface area contributed by atoms with Gasteiger partial charge in [0.15, 0.2) is 5.65 Å². The molecule has 0 bridgehead atoms. The van der Waals surface area contributed by atoms with Crippen molar-refractivity contribution >= 4 is 17.0 Å². The maximum atomic E-state index is 12.0. The van der Waals surface area contributed by atoms with Crippen molar-refractivity contribution in [2.24, 2.45) is 7.05 Å². The Labute approximate surface area is 113 Å². The number of nitrogens with one attached hydrogen (secondary N) is 2. The molecule has 1 aliphatic rings. The molecule has 1 aliphatic heterocycles. The summed E-state index contributed by atoms with van der Waals surface area (Å²) in [4.78, 5) is 23.2. The van der Waals surface area contributed by atoms with Crippen LogP contribution in [-0.4, -0.2) is 35.3 Å². The highest BCUT2D eigenvalue weighted by molar-refractivity contribution is 5.74. The fraction of sp³-hybridized carbons (Fsp3) is 0.333. The second kappa shape index (κ2) is 3.92. The average Bonchev–Trinajstić information content (AvgIpc) is 3.05. The summed E-state index contributed by atoms with van der Waals surface area (Å²) in [6.45, 7) is 0.822. The third kappa shape index (κ3) is 1.61. The van der Waals surface area contributed by atoms with Crippen LogP contribution in [0.5, 0.6) is 0 Å². The van der Waals surface area contributed by atoms with Crippen LogP contribution in [0, 0.1) is 0 Å². The molecule has 0 spiro atoms. The van der Waals surface area contributed by atoms with Gasteiger partial charge in [-0.25, -0.2) is 4.98 Å². The summed E-state index contributed by atoms with van der Waals surface area (Å²) in [5, 5.41) is 7.82. The molecule has 3 aromatic heterocycles. The monoisotopic (exact) mass is 271 g/mol. The van der Waals surface area contributed by atoms with Gasteiger partial charge in [-0.2, -0.15) is 10.1 Å². The first-order valence-corrected chi connectivity index (χ1v) is 6.38. The van der Waals surface area contributed by atoms with Crippen molar-refractivity contribution in [1.82, 2.24) is 29.3 Å². The first-order chi connectivity index (χ1) is 9.70. The second-order valence-corrected chi connectivity index (χ2v) is 5.00. The standard InChI is InChI=1S/C12H13N7O/c1-18-10-9(4-14-18)11(20)17-12(16-10)15-7-2-8-3-13-6-19(8)5-7/h3-4,6-7H,2,5H2,1H3,(H2,15,16,17,20). The Kier molecular flexibility index (Phi) is 2.20. The molecule has 102 valence electrons. The molecule has 0 radical (unpaired) electrons. The lowest BCUT2D eigenvalue weighted by molar-refractivity contribution is 0.665. The summed E-state index contributed by atoms with van der Waals surface area (Å²) in [7, 11) is 1.77. The van der Waals surface area contributed by atoms with Crippen LogP contribution >= 0.6 is 0 Å². The van der Waals surface area contributed by atoms with Crippen LogP contribution in [-0.2, 0) is 20.0 Å². The fourth-order valence-electron chi connectivity index (χ4n) is 2.63. The van der Waals surface area contributed by atoms with Crippen molar-refractivity contribution in [2.45, 2.75) is 19.0 Å². The van der Waals surface area contributed by atoms with Gasteiger partial charge in [0.2, 0.25) is 5.95 Å². The summed E-state index contributed by atoms with van der Waals surface area (Å²) < 4.78 is 3.69. The van der Waals surface area contributed by atoms with Crippen molar-refractivity contribution in [3.05, 3.63) is 34.8 Å². The molecule has 8 heteroatoms. The number of aryl methyl sites for hydroxylation is 1. The van der Waals surface area contributed by atoms with Crippen molar-refractivity contribution < 1.29 is 0 Å². The van der Waals surface area contributed by atoms with Gasteiger partial charge in [-0.05, 0) is 0 Å². The lowest BCUT2D eigenvalue weighted by Crippen LogP contribution is -2.24. The molecule has 0 aromatic carbocycles. The van der Waals surface area contributed by atoms with Gasteiger partial charge in [0.25, 0.3) is 5.56 Å². The zero-order valence-electron chi connectivity index (χ0n) is 10.9. The Bertz CT molecular complexity index is 822. The topological polar surface area (TPSA) is 93.4 Å². The number of H-pyrrole nitrogens is 1. The van der Waals surface area contributed by atoms with Crippen LogP contribution in [0.15, 0.2) is 23.5 Å². The van der Waals surface area contributed by atoms with E-state index in [1.165, 1.54) is 11.9 Å². The summed E-state index contributed by atoms with van der Waals surface area (Å²) in [5.41, 5.74) is 1.59. The molecule has 0 aliphatic carbocycles. The van der Waals surface area contributed by atoms with E-state index in [1.54, 1.807) is 11.7 Å². The van der Waals surface area contributed by atoms with Gasteiger partial charge in [-0.3, -0.25) is 14.5 Å². The first-order valence-electron chi connectivity index (χ1n) is 6.38. The predicted octanol–water partition coefficient (Wildman–Crippen LogP) is -0.110. The molecule has 2 N–H and O–H groups in total. The molecule has 1 unspecified atom stereocenters. The van der Waals surface area contributed by atoms with Crippen molar-refractivity contribution in [3.63, 3.8) is 0 Å². The van der Waals surface area contributed by atoms with E-state index in [0.717, 1.165) is 13.0 Å². The van der Waals surface area contributed by atoms with E-state index < -0.39 is 0 Å². The molecule has 4 heterocycles.